The minimum Gasteiger partial charge on any atom is -0.354 e. The molecule has 1 amide bonds. The fourth-order valence-corrected chi connectivity index (χ4v) is 3.47. The molecule has 0 bridgehead atoms. The molecule has 3 nitrogen and oxygen atoms in total. The molecule has 1 aromatic rings. The van der Waals surface area contributed by atoms with E-state index >= 15 is 0 Å². The van der Waals surface area contributed by atoms with Crippen molar-refractivity contribution < 1.29 is 4.79 Å². The maximum absolute atomic E-state index is 11.8. The highest BCUT2D eigenvalue weighted by molar-refractivity contribution is 8.01. The van der Waals surface area contributed by atoms with E-state index in [9.17, 15) is 4.79 Å². The average molecular weight is 290 g/mol. The van der Waals surface area contributed by atoms with Crippen LogP contribution >= 0.6 is 11.8 Å². The highest BCUT2D eigenvalue weighted by atomic mass is 32.2. The third kappa shape index (κ3) is 4.25. The first-order valence-corrected chi connectivity index (χ1v) is 8.29. The van der Waals surface area contributed by atoms with Crippen LogP contribution in [0.1, 0.15) is 25.7 Å². The Balaban J connectivity index is 1.37. The highest BCUT2D eigenvalue weighted by Crippen LogP contribution is 2.51. The summed E-state index contributed by atoms with van der Waals surface area (Å²) in [7, 11) is 0. The molecule has 1 aromatic carbocycles. The second-order valence-electron chi connectivity index (χ2n) is 5.95. The topological polar surface area (TPSA) is 41.1 Å². The molecule has 0 aliphatic heterocycles. The van der Waals surface area contributed by atoms with Crippen LogP contribution in [-0.2, 0) is 4.79 Å². The summed E-state index contributed by atoms with van der Waals surface area (Å²) in [5, 5.41) is 6.31. The van der Waals surface area contributed by atoms with Crippen LogP contribution in [0.4, 0.5) is 0 Å². The number of carbonyl (C=O) groups is 1. The molecule has 0 radical (unpaired) electrons. The molecular formula is C16H22N2OS. The zero-order chi connectivity index (χ0) is 13.8. The monoisotopic (exact) mass is 290 g/mol. The Morgan fingerprint density at radius 3 is 2.65 bits per heavy atom. The van der Waals surface area contributed by atoms with Gasteiger partial charge in [-0.05, 0) is 50.3 Å². The molecular weight excluding hydrogens is 268 g/mol. The summed E-state index contributed by atoms with van der Waals surface area (Å²) >= 11 is 1.90. The van der Waals surface area contributed by atoms with E-state index in [1.807, 2.05) is 17.8 Å². The molecule has 0 aromatic heterocycles. The van der Waals surface area contributed by atoms with E-state index < -0.39 is 0 Å². The Morgan fingerprint density at radius 2 is 2.00 bits per heavy atom. The van der Waals surface area contributed by atoms with Gasteiger partial charge in [-0.15, -0.1) is 11.8 Å². The van der Waals surface area contributed by atoms with Gasteiger partial charge >= 0.3 is 0 Å². The third-order valence-electron chi connectivity index (χ3n) is 3.91. The Labute approximate surface area is 124 Å². The van der Waals surface area contributed by atoms with Crippen molar-refractivity contribution in [2.24, 2.45) is 5.92 Å². The van der Waals surface area contributed by atoms with Crippen LogP contribution in [0.25, 0.3) is 0 Å². The van der Waals surface area contributed by atoms with Gasteiger partial charge in [0.1, 0.15) is 0 Å². The number of carbonyl (C=O) groups excluding carboxylic acids is 1. The molecule has 0 saturated heterocycles. The molecule has 3 rings (SSSR count). The second-order valence-corrected chi connectivity index (χ2v) is 7.49. The van der Waals surface area contributed by atoms with Crippen LogP contribution in [0.15, 0.2) is 35.2 Å². The van der Waals surface area contributed by atoms with Crippen molar-refractivity contribution >= 4 is 17.7 Å². The summed E-state index contributed by atoms with van der Waals surface area (Å²) in [6.07, 6.45) is 5.04. The average Bonchev–Trinajstić information content (AvgIpc) is 3.35. The number of nitrogens with one attached hydrogen (secondary N) is 2. The van der Waals surface area contributed by atoms with E-state index in [0.29, 0.717) is 6.54 Å². The van der Waals surface area contributed by atoms with E-state index in [1.54, 1.807) is 0 Å². The fraction of sp³-hybridized carbons (Fsp3) is 0.562. The number of hydrogen-bond acceptors (Lipinski definition) is 3. The van der Waals surface area contributed by atoms with Crippen LogP contribution in [-0.4, -0.2) is 30.3 Å². The van der Waals surface area contributed by atoms with Crippen LogP contribution in [0, 0.1) is 5.92 Å². The molecule has 0 atom stereocenters. The number of thioether (sulfide) groups is 1. The van der Waals surface area contributed by atoms with Gasteiger partial charge in [0.15, 0.2) is 0 Å². The summed E-state index contributed by atoms with van der Waals surface area (Å²) < 4.78 is 0.244. The molecule has 2 fully saturated rings. The highest BCUT2D eigenvalue weighted by Gasteiger charge is 2.43. The quantitative estimate of drug-likeness (QED) is 0.772. The second kappa shape index (κ2) is 6.19. The normalized spacial score (nSPS) is 19.6. The van der Waals surface area contributed by atoms with Crippen molar-refractivity contribution in [3.05, 3.63) is 30.3 Å². The molecule has 0 spiro atoms. The Hall–Kier alpha value is -1.00. The van der Waals surface area contributed by atoms with E-state index in [-0.39, 0.29) is 10.7 Å². The third-order valence-corrected chi connectivity index (χ3v) is 5.40. The van der Waals surface area contributed by atoms with Crippen molar-refractivity contribution in [3.63, 3.8) is 0 Å². The van der Waals surface area contributed by atoms with Gasteiger partial charge < -0.3 is 10.6 Å². The number of hydrogen-bond donors (Lipinski definition) is 2. The van der Waals surface area contributed by atoms with E-state index in [1.165, 1.54) is 30.6 Å². The smallest absolute Gasteiger partial charge is 0.234 e. The van der Waals surface area contributed by atoms with E-state index in [4.69, 9.17) is 0 Å². The predicted molar refractivity (Wildman–Crippen MR) is 82.9 cm³/mol. The van der Waals surface area contributed by atoms with Crippen LogP contribution in [0.2, 0.25) is 0 Å². The first kappa shape index (κ1) is 14.0. The largest absolute Gasteiger partial charge is 0.354 e. The summed E-state index contributed by atoms with van der Waals surface area (Å²) in [5.74, 6) is 0.955. The molecule has 2 aliphatic rings. The minimum absolute atomic E-state index is 0.130. The van der Waals surface area contributed by atoms with Crippen molar-refractivity contribution in [2.45, 2.75) is 35.3 Å². The van der Waals surface area contributed by atoms with Gasteiger partial charge in [0.25, 0.3) is 0 Å². The Bertz CT molecular complexity index is 455. The summed E-state index contributed by atoms with van der Waals surface area (Å²) in [5.41, 5.74) is 0. The Morgan fingerprint density at radius 1 is 1.25 bits per heavy atom. The van der Waals surface area contributed by atoms with Crippen LogP contribution in [0.5, 0.6) is 0 Å². The predicted octanol–water partition coefficient (Wildman–Crippen LogP) is 2.43. The van der Waals surface area contributed by atoms with Gasteiger partial charge in [-0.25, -0.2) is 0 Å². The number of benzene rings is 1. The van der Waals surface area contributed by atoms with Crippen LogP contribution < -0.4 is 10.6 Å². The molecule has 4 heteroatoms. The van der Waals surface area contributed by atoms with Crippen molar-refractivity contribution in [2.75, 3.05) is 19.6 Å². The molecule has 0 unspecified atom stereocenters. The number of rotatable bonds is 8. The summed E-state index contributed by atoms with van der Waals surface area (Å²) in [4.78, 5) is 13.1. The molecule has 108 valence electrons. The summed E-state index contributed by atoms with van der Waals surface area (Å²) in [6.45, 7) is 2.25. The molecule has 20 heavy (non-hydrogen) atoms. The molecule has 0 heterocycles. The lowest BCUT2D eigenvalue weighted by molar-refractivity contribution is -0.120. The standard InChI is InChI=1S/C16H22N2OS/c19-15(11-17-10-13-6-7-13)18-12-16(8-9-16)20-14-4-2-1-3-5-14/h1-5,13,17H,6-12H2,(H,18,19). The number of amides is 1. The molecule has 2 N–H and O–H groups in total. The first-order valence-electron chi connectivity index (χ1n) is 7.47. The zero-order valence-corrected chi connectivity index (χ0v) is 12.5. The van der Waals surface area contributed by atoms with Gasteiger partial charge in [0, 0.05) is 16.2 Å². The van der Waals surface area contributed by atoms with Gasteiger partial charge in [-0.1, -0.05) is 18.2 Å². The summed E-state index contributed by atoms with van der Waals surface area (Å²) in [6, 6.07) is 10.5. The van der Waals surface area contributed by atoms with Gasteiger partial charge in [-0.3, -0.25) is 4.79 Å². The fourth-order valence-electron chi connectivity index (χ4n) is 2.23. The van der Waals surface area contributed by atoms with Gasteiger partial charge in [0.05, 0.1) is 6.54 Å². The zero-order valence-electron chi connectivity index (χ0n) is 11.7. The van der Waals surface area contributed by atoms with Crippen molar-refractivity contribution in [1.29, 1.82) is 0 Å². The lowest BCUT2D eigenvalue weighted by atomic mass is 10.4. The van der Waals surface area contributed by atoms with Crippen molar-refractivity contribution in [1.82, 2.24) is 10.6 Å². The lowest BCUT2D eigenvalue weighted by Gasteiger charge is -2.16. The van der Waals surface area contributed by atoms with E-state index in [2.05, 4.69) is 34.9 Å². The minimum atomic E-state index is 0.130. The lowest BCUT2D eigenvalue weighted by Crippen LogP contribution is -2.38. The van der Waals surface area contributed by atoms with Crippen LogP contribution in [0.3, 0.4) is 0 Å². The van der Waals surface area contributed by atoms with E-state index in [0.717, 1.165) is 19.0 Å². The Kier molecular flexibility index (Phi) is 4.32. The molecule has 2 saturated carbocycles. The van der Waals surface area contributed by atoms with Gasteiger partial charge in [-0.2, -0.15) is 0 Å². The van der Waals surface area contributed by atoms with Gasteiger partial charge in [0.2, 0.25) is 5.91 Å². The molecule has 2 aliphatic carbocycles. The first-order chi connectivity index (χ1) is 9.76. The SMILES string of the molecule is O=C(CNCC1CC1)NCC1(Sc2ccccc2)CC1. The van der Waals surface area contributed by atoms with Crippen molar-refractivity contribution in [3.8, 4) is 0 Å². The maximum Gasteiger partial charge on any atom is 0.234 e. The maximum atomic E-state index is 11.8.